The van der Waals surface area contributed by atoms with Crippen molar-refractivity contribution in [2.45, 2.75) is 25.4 Å². The van der Waals surface area contributed by atoms with Gasteiger partial charge in [0.2, 0.25) is 5.78 Å². The maximum atomic E-state index is 12.8. The Morgan fingerprint density at radius 2 is 1.93 bits per heavy atom. The van der Waals surface area contributed by atoms with Crippen molar-refractivity contribution in [2.24, 2.45) is 5.92 Å². The Labute approximate surface area is 236 Å². The summed E-state index contributed by atoms with van der Waals surface area (Å²) in [5, 5.41) is 21.3. The predicted molar refractivity (Wildman–Crippen MR) is 142 cm³/mol. The van der Waals surface area contributed by atoms with E-state index in [0.29, 0.717) is 12.8 Å². The van der Waals surface area contributed by atoms with Gasteiger partial charge in [0.25, 0.3) is 5.69 Å². The lowest BCUT2D eigenvalue weighted by Crippen LogP contribution is -2.37. The molecule has 1 N–H and O–H groups in total. The Kier molecular flexibility index (Phi) is 9.32. The number of esters is 1. The number of methoxy groups -OCH3 is 1. The molecule has 0 radical (unpaired) electrons. The second-order valence-electron chi connectivity index (χ2n) is 9.11. The van der Waals surface area contributed by atoms with Crippen LogP contribution < -0.4 is 10.2 Å². The van der Waals surface area contributed by atoms with Gasteiger partial charge in [-0.25, -0.2) is 4.79 Å². The number of ether oxygens (including phenoxy) is 4. The predicted octanol–water partition coefficient (Wildman–Crippen LogP) is 3.54. The number of carboxylic acids is 1. The zero-order chi connectivity index (χ0) is 29.7. The maximum Gasteiger partial charge on any atom is 0.377 e. The highest BCUT2D eigenvalue weighted by molar-refractivity contribution is 6.35. The van der Waals surface area contributed by atoms with E-state index in [1.165, 1.54) is 25.3 Å². The average Bonchev–Trinajstić information content (AvgIpc) is 2.90. The summed E-state index contributed by atoms with van der Waals surface area (Å²) >= 11 is 6.22. The molecule has 0 aliphatic heterocycles. The number of para-hydroxylation sites is 1. The fraction of sp³-hybridized carbons (Fsp3) is 0.333. The number of nitrogens with zero attached hydrogens (tertiary/aromatic N) is 1. The number of Topliss-reactive ketones (excluding diaryl/α,β-unsaturated/α-hetero) is 1. The standard InChI is InChI=1S/C27H24ClNO12/c1-37-13-40-27(34)22(31)9-14-10-23(39-6-5-38-16-7-15(8-16)26(32)33)18(11-20(14)29(35)36)24-12-21(30)17-3-2-4-19(28)25(17)41-24/h2-4,10-12,15-16H,5-9,13H2,1H3,(H,32,33)/t15-,16+. The number of carbonyl (C=O) groups is 3. The minimum Gasteiger partial charge on any atom is -0.490 e. The van der Waals surface area contributed by atoms with E-state index in [2.05, 4.69) is 9.47 Å². The number of hydrogen-bond acceptors (Lipinski definition) is 11. The van der Waals surface area contributed by atoms with Crippen LogP contribution in [0.5, 0.6) is 5.75 Å². The number of fused-ring (bicyclic) bond motifs is 1. The van der Waals surface area contributed by atoms with Gasteiger partial charge in [-0.1, -0.05) is 17.7 Å². The van der Waals surface area contributed by atoms with Crippen LogP contribution in [0.15, 0.2) is 45.6 Å². The molecule has 3 aromatic rings. The fourth-order valence-corrected chi connectivity index (χ4v) is 4.43. The summed E-state index contributed by atoms with van der Waals surface area (Å²) in [6.07, 6.45) is -0.194. The Morgan fingerprint density at radius 3 is 2.61 bits per heavy atom. The van der Waals surface area contributed by atoms with Gasteiger partial charge in [0.15, 0.2) is 17.8 Å². The van der Waals surface area contributed by atoms with Gasteiger partial charge in [0.1, 0.15) is 18.1 Å². The largest absolute Gasteiger partial charge is 0.490 e. The molecule has 1 aromatic heterocycles. The Morgan fingerprint density at radius 1 is 1.17 bits per heavy atom. The third-order valence-corrected chi connectivity index (χ3v) is 6.67. The molecule has 0 unspecified atom stereocenters. The number of halogens is 1. The number of rotatable bonds is 13. The van der Waals surface area contributed by atoms with Gasteiger partial charge in [-0.2, -0.15) is 0 Å². The molecular weight excluding hydrogens is 566 g/mol. The summed E-state index contributed by atoms with van der Waals surface area (Å²) < 4.78 is 26.6. The topological polar surface area (TPSA) is 182 Å². The molecule has 1 heterocycles. The van der Waals surface area contributed by atoms with E-state index in [4.69, 9.17) is 30.6 Å². The molecular formula is C27H24ClNO12. The molecule has 1 fully saturated rings. The highest BCUT2D eigenvalue weighted by Crippen LogP contribution is 2.38. The molecule has 216 valence electrons. The number of nitro benzene ring substituents is 1. The lowest BCUT2D eigenvalue weighted by atomic mass is 9.82. The molecule has 0 amide bonds. The Bertz CT molecular complexity index is 1560. The van der Waals surface area contributed by atoms with Crippen LogP contribution in [-0.4, -0.2) is 61.0 Å². The zero-order valence-corrected chi connectivity index (χ0v) is 22.4. The van der Waals surface area contributed by atoms with Crippen molar-refractivity contribution >= 4 is 46.0 Å². The molecule has 41 heavy (non-hydrogen) atoms. The van der Waals surface area contributed by atoms with E-state index in [-0.39, 0.29) is 57.9 Å². The van der Waals surface area contributed by atoms with E-state index in [0.717, 1.165) is 12.1 Å². The van der Waals surface area contributed by atoms with E-state index in [1.54, 1.807) is 6.07 Å². The smallest absolute Gasteiger partial charge is 0.377 e. The monoisotopic (exact) mass is 589 g/mol. The lowest BCUT2D eigenvalue weighted by Gasteiger charge is -2.32. The molecule has 1 aliphatic carbocycles. The third kappa shape index (κ3) is 6.88. The summed E-state index contributed by atoms with van der Waals surface area (Å²) in [7, 11) is 1.25. The van der Waals surface area contributed by atoms with Crippen LogP contribution in [0.3, 0.4) is 0 Å². The highest BCUT2D eigenvalue weighted by Gasteiger charge is 2.35. The second-order valence-corrected chi connectivity index (χ2v) is 9.52. The van der Waals surface area contributed by atoms with Crippen molar-refractivity contribution < 1.29 is 47.8 Å². The highest BCUT2D eigenvalue weighted by atomic mass is 35.5. The molecule has 13 nitrogen and oxygen atoms in total. The van der Waals surface area contributed by atoms with E-state index >= 15 is 0 Å². The summed E-state index contributed by atoms with van der Waals surface area (Å²) in [4.78, 5) is 59.4. The van der Waals surface area contributed by atoms with Gasteiger partial charge in [0.05, 0.1) is 39.5 Å². The van der Waals surface area contributed by atoms with Gasteiger partial charge in [-0.3, -0.25) is 24.5 Å². The first-order valence-electron chi connectivity index (χ1n) is 12.3. The van der Waals surface area contributed by atoms with Crippen LogP contribution in [0.4, 0.5) is 5.69 Å². The minimum atomic E-state index is -1.24. The number of carboxylic acid groups (broad SMARTS) is 1. The molecule has 4 rings (SSSR count). The molecule has 0 saturated heterocycles. The molecule has 1 aliphatic rings. The van der Waals surface area contributed by atoms with E-state index in [1.807, 2.05) is 0 Å². The van der Waals surface area contributed by atoms with Gasteiger partial charge >= 0.3 is 11.9 Å². The first-order chi connectivity index (χ1) is 19.6. The van der Waals surface area contributed by atoms with E-state index in [9.17, 15) is 29.3 Å². The van der Waals surface area contributed by atoms with Crippen LogP contribution >= 0.6 is 11.6 Å². The lowest BCUT2D eigenvalue weighted by molar-refractivity contribution is -0.385. The number of benzene rings is 2. The summed E-state index contributed by atoms with van der Waals surface area (Å²) in [6.45, 7) is -0.489. The SMILES string of the molecule is COCOC(=O)C(=O)Cc1cc(OCCO[C@H]2C[C@@H](C(=O)O)C2)c(-c2cc(=O)c3cccc(Cl)c3o2)cc1[N+](=O)[O-]. The first kappa shape index (κ1) is 29.6. The average molecular weight is 590 g/mol. The summed E-state index contributed by atoms with van der Waals surface area (Å²) in [5.41, 5.74) is -1.07. The van der Waals surface area contributed by atoms with Crippen LogP contribution in [-0.2, 0) is 35.0 Å². The van der Waals surface area contributed by atoms with Crippen molar-refractivity contribution in [2.75, 3.05) is 27.1 Å². The third-order valence-electron chi connectivity index (χ3n) is 6.37. The van der Waals surface area contributed by atoms with Crippen molar-refractivity contribution in [1.29, 1.82) is 0 Å². The van der Waals surface area contributed by atoms with E-state index < -0.39 is 52.9 Å². The maximum absolute atomic E-state index is 12.8. The van der Waals surface area contributed by atoms with Crippen LogP contribution in [0.25, 0.3) is 22.3 Å². The second kappa shape index (κ2) is 12.9. The van der Waals surface area contributed by atoms with Gasteiger partial charge in [-0.15, -0.1) is 0 Å². The summed E-state index contributed by atoms with van der Waals surface area (Å²) in [5.74, 6) is -3.73. The number of aliphatic carboxylic acids is 1. The molecule has 0 spiro atoms. The molecule has 1 saturated carbocycles. The van der Waals surface area contributed by atoms with Gasteiger partial charge in [0, 0.05) is 31.2 Å². The normalized spacial score (nSPS) is 16.1. The molecule has 0 bridgehead atoms. The Balaban J connectivity index is 1.68. The van der Waals surface area contributed by atoms with Crippen molar-refractivity contribution in [3.63, 3.8) is 0 Å². The fourth-order valence-electron chi connectivity index (χ4n) is 4.22. The van der Waals surface area contributed by atoms with Crippen LogP contribution in [0.1, 0.15) is 18.4 Å². The van der Waals surface area contributed by atoms with Crippen LogP contribution in [0.2, 0.25) is 5.02 Å². The Hall–Kier alpha value is -4.33. The number of carbonyl (C=O) groups excluding carboxylic acids is 2. The number of nitro groups is 1. The van der Waals surface area contributed by atoms with Crippen molar-refractivity contribution in [3.05, 3.63) is 67.3 Å². The quantitative estimate of drug-likeness (QED) is 0.0765. The van der Waals surface area contributed by atoms with Gasteiger partial charge < -0.3 is 28.5 Å². The van der Waals surface area contributed by atoms with Gasteiger partial charge in [-0.05, 0) is 31.0 Å². The first-order valence-corrected chi connectivity index (χ1v) is 12.7. The molecule has 14 heteroatoms. The zero-order valence-electron chi connectivity index (χ0n) is 21.6. The minimum absolute atomic E-state index is 0.00108. The molecule has 0 atom stereocenters. The number of hydrogen-bond donors (Lipinski definition) is 1. The van der Waals surface area contributed by atoms with Crippen molar-refractivity contribution in [3.8, 4) is 17.1 Å². The number of ketones is 1. The molecule has 2 aromatic carbocycles. The van der Waals surface area contributed by atoms with Crippen molar-refractivity contribution in [1.82, 2.24) is 0 Å². The summed E-state index contributed by atoms with van der Waals surface area (Å²) in [6, 6.07) is 8.01. The van der Waals surface area contributed by atoms with Crippen LogP contribution in [0, 0.1) is 16.0 Å².